The van der Waals surface area contributed by atoms with Gasteiger partial charge >= 0.3 is 0 Å². The zero-order chi connectivity index (χ0) is 24.5. The van der Waals surface area contributed by atoms with Crippen LogP contribution in [0.3, 0.4) is 0 Å². The second kappa shape index (κ2) is 12.1. The first kappa shape index (κ1) is 25.1. The van der Waals surface area contributed by atoms with Gasteiger partial charge in [-0.15, -0.1) is 0 Å². The average molecular weight is 480 g/mol. The molecule has 1 fully saturated rings. The lowest BCUT2D eigenvalue weighted by Crippen LogP contribution is -2.37. The van der Waals surface area contributed by atoms with Crippen molar-refractivity contribution in [2.75, 3.05) is 33.4 Å². The zero-order valence-corrected chi connectivity index (χ0v) is 20.9. The van der Waals surface area contributed by atoms with Crippen molar-refractivity contribution in [2.24, 2.45) is 0 Å². The van der Waals surface area contributed by atoms with E-state index in [1.807, 2.05) is 47.3 Å². The van der Waals surface area contributed by atoms with Crippen LogP contribution in [-0.2, 0) is 13.1 Å². The first-order valence-electron chi connectivity index (χ1n) is 12.4. The van der Waals surface area contributed by atoms with Crippen molar-refractivity contribution in [3.8, 4) is 17.2 Å². The maximum atomic E-state index is 11.2. The van der Waals surface area contributed by atoms with E-state index in [0.717, 1.165) is 62.7 Å². The van der Waals surface area contributed by atoms with Crippen LogP contribution in [0.15, 0.2) is 60.9 Å². The van der Waals surface area contributed by atoms with E-state index in [9.17, 15) is 5.11 Å². The predicted molar refractivity (Wildman–Crippen MR) is 136 cm³/mol. The normalized spacial score (nSPS) is 18.7. The lowest BCUT2D eigenvalue weighted by molar-refractivity contribution is -0.0168. The predicted octanol–water partition coefficient (Wildman–Crippen LogP) is 4.47. The molecule has 0 aliphatic carbocycles. The highest BCUT2D eigenvalue weighted by Crippen LogP contribution is 2.30. The Labute approximate surface area is 208 Å². The minimum atomic E-state index is -0.803. The third-order valence-electron chi connectivity index (χ3n) is 6.52. The summed E-state index contributed by atoms with van der Waals surface area (Å²) in [6.07, 6.45) is 6.96. The summed E-state index contributed by atoms with van der Waals surface area (Å²) in [5.41, 5.74) is 1.57. The molecule has 1 atom stereocenters. The number of methoxy groups -OCH3 is 1. The number of hydrogen-bond donors (Lipinski definition) is 1. The van der Waals surface area contributed by atoms with E-state index < -0.39 is 5.60 Å². The van der Waals surface area contributed by atoms with Crippen LogP contribution < -0.4 is 14.2 Å². The SMILES string of the molecule is COc1ccc(CN2CCC[C@](O)(COc3ccc(C)cc3)CC2)cc1OCCCn1cccn1. The van der Waals surface area contributed by atoms with E-state index >= 15 is 0 Å². The number of benzene rings is 2. The Morgan fingerprint density at radius 3 is 2.66 bits per heavy atom. The van der Waals surface area contributed by atoms with Crippen LogP contribution in [0, 0.1) is 6.92 Å². The number of aryl methyl sites for hydroxylation is 2. The highest BCUT2D eigenvalue weighted by Gasteiger charge is 2.31. The highest BCUT2D eigenvalue weighted by molar-refractivity contribution is 5.43. The summed E-state index contributed by atoms with van der Waals surface area (Å²) >= 11 is 0. The van der Waals surface area contributed by atoms with E-state index in [-0.39, 0.29) is 0 Å². The number of aliphatic hydroxyl groups is 1. The van der Waals surface area contributed by atoms with Crippen LogP contribution in [0.25, 0.3) is 0 Å². The fraction of sp³-hybridized carbons (Fsp3) is 0.464. The second-order valence-electron chi connectivity index (χ2n) is 9.41. The second-order valence-corrected chi connectivity index (χ2v) is 9.41. The average Bonchev–Trinajstić information content (AvgIpc) is 3.32. The van der Waals surface area contributed by atoms with Gasteiger partial charge in [-0.3, -0.25) is 9.58 Å². The monoisotopic (exact) mass is 479 g/mol. The highest BCUT2D eigenvalue weighted by atomic mass is 16.5. The topological polar surface area (TPSA) is 69.0 Å². The minimum absolute atomic E-state index is 0.322. The molecule has 0 spiro atoms. The molecule has 3 aromatic rings. The Balaban J connectivity index is 1.28. The van der Waals surface area contributed by atoms with E-state index in [4.69, 9.17) is 14.2 Å². The Morgan fingerprint density at radius 2 is 1.89 bits per heavy atom. The Morgan fingerprint density at radius 1 is 1.03 bits per heavy atom. The molecule has 0 amide bonds. The van der Waals surface area contributed by atoms with E-state index in [1.165, 1.54) is 11.1 Å². The Bertz CT molecular complexity index is 1040. The largest absolute Gasteiger partial charge is 0.493 e. The smallest absolute Gasteiger partial charge is 0.161 e. The van der Waals surface area contributed by atoms with Crippen LogP contribution >= 0.6 is 0 Å². The van der Waals surface area contributed by atoms with Gasteiger partial charge < -0.3 is 19.3 Å². The number of hydrogen-bond acceptors (Lipinski definition) is 6. The number of likely N-dealkylation sites (tertiary alicyclic amines) is 1. The molecule has 1 aliphatic rings. The van der Waals surface area contributed by atoms with Gasteiger partial charge in [-0.25, -0.2) is 0 Å². The lowest BCUT2D eigenvalue weighted by atomic mass is 9.96. The molecule has 0 radical (unpaired) electrons. The molecule has 7 nitrogen and oxygen atoms in total. The van der Waals surface area contributed by atoms with Crippen molar-refractivity contribution >= 4 is 0 Å². The molecule has 1 aliphatic heterocycles. The molecule has 188 valence electrons. The van der Waals surface area contributed by atoms with Gasteiger partial charge in [-0.1, -0.05) is 23.8 Å². The molecule has 2 heterocycles. The van der Waals surface area contributed by atoms with Gasteiger partial charge in [0, 0.05) is 38.4 Å². The number of ether oxygens (including phenoxy) is 3. The maximum Gasteiger partial charge on any atom is 0.161 e. The molecule has 0 saturated carbocycles. The van der Waals surface area contributed by atoms with Crippen LogP contribution in [0.2, 0.25) is 0 Å². The quantitative estimate of drug-likeness (QED) is 0.410. The van der Waals surface area contributed by atoms with Crippen LogP contribution in [-0.4, -0.2) is 58.8 Å². The van der Waals surface area contributed by atoms with Crippen LogP contribution in [0.4, 0.5) is 0 Å². The molecule has 2 aromatic carbocycles. The maximum absolute atomic E-state index is 11.2. The molecular formula is C28H37N3O4. The van der Waals surface area contributed by atoms with E-state index in [2.05, 4.69) is 29.1 Å². The number of rotatable bonds is 11. The fourth-order valence-corrected chi connectivity index (χ4v) is 4.42. The van der Waals surface area contributed by atoms with E-state index in [0.29, 0.717) is 19.6 Å². The molecule has 1 saturated heterocycles. The summed E-state index contributed by atoms with van der Waals surface area (Å²) in [5.74, 6) is 2.31. The van der Waals surface area contributed by atoms with Gasteiger partial charge in [0.25, 0.3) is 0 Å². The summed E-state index contributed by atoms with van der Waals surface area (Å²) in [6.45, 7) is 6.36. The molecule has 4 rings (SSSR count). The molecule has 7 heteroatoms. The van der Waals surface area contributed by atoms with E-state index in [1.54, 1.807) is 13.3 Å². The number of nitrogens with zero attached hydrogens (tertiary/aromatic N) is 3. The summed E-state index contributed by atoms with van der Waals surface area (Å²) in [4.78, 5) is 2.40. The first-order valence-corrected chi connectivity index (χ1v) is 12.4. The third-order valence-corrected chi connectivity index (χ3v) is 6.52. The molecule has 0 unspecified atom stereocenters. The third kappa shape index (κ3) is 7.47. The van der Waals surface area contributed by atoms with Crippen LogP contribution in [0.1, 0.15) is 36.8 Å². The van der Waals surface area contributed by atoms with Crippen molar-refractivity contribution < 1.29 is 19.3 Å². The van der Waals surface area contributed by atoms with Crippen molar-refractivity contribution in [1.29, 1.82) is 0 Å². The molecule has 35 heavy (non-hydrogen) atoms. The molecule has 1 N–H and O–H groups in total. The van der Waals surface area contributed by atoms with Gasteiger partial charge in [0.15, 0.2) is 11.5 Å². The van der Waals surface area contributed by atoms with Crippen LogP contribution in [0.5, 0.6) is 17.2 Å². The Hall–Kier alpha value is -3.03. The Kier molecular flexibility index (Phi) is 8.66. The summed E-state index contributed by atoms with van der Waals surface area (Å²) in [7, 11) is 1.67. The molecular weight excluding hydrogens is 442 g/mol. The first-order chi connectivity index (χ1) is 17.0. The molecule has 1 aromatic heterocycles. The summed E-state index contributed by atoms with van der Waals surface area (Å²) in [5, 5.41) is 15.4. The lowest BCUT2D eigenvalue weighted by Gasteiger charge is -2.27. The standard InChI is InChI=1S/C28H37N3O4/c1-23-6-9-25(10-7-23)35-22-28(32)12-3-15-30(18-13-28)21-24-8-11-26(33-2)27(20-24)34-19-5-17-31-16-4-14-29-31/h4,6-11,14,16,20,32H,3,5,12-13,15,17-19,21-22H2,1-2H3/t28-/m1/s1. The zero-order valence-electron chi connectivity index (χ0n) is 20.9. The van der Waals surface area contributed by atoms with Crippen molar-refractivity contribution in [2.45, 2.75) is 51.3 Å². The van der Waals surface area contributed by atoms with Gasteiger partial charge in [-0.05, 0) is 68.6 Å². The van der Waals surface area contributed by atoms with Gasteiger partial charge in [0.05, 0.1) is 19.3 Å². The molecule has 0 bridgehead atoms. The van der Waals surface area contributed by atoms with Crippen molar-refractivity contribution in [3.05, 3.63) is 72.1 Å². The van der Waals surface area contributed by atoms with Gasteiger partial charge in [0.2, 0.25) is 0 Å². The summed E-state index contributed by atoms with van der Waals surface area (Å²) < 4.78 is 19.4. The van der Waals surface area contributed by atoms with Gasteiger partial charge in [-0.2, -0.15) is 5.10 Å². The summed E-state index contributed by atoms with van der Waals surface area (Å²) in [6, 6.07) is 16.0. The number of aromatic nitrogens is 2. The fourth-order valence-electron chi connectivity index (χ4n) is 4.42. The van der Waals surface area contributed by atoms with Gasteiger partial charge in [0.1, 0.15) is 12.4 Å². The minimum Gasteiger partial charge on any atom is -0.493 e. The van der Waals surface area contributed by atoms with Crippen molar-refractivity contribution in [3.63, 3.8) is 0 Å². The van der Waals surface area contributed by atoms with Crippen molar-refractivity contribution in [1.82, 2.24) is 14.7 Å².